The van der Waals surface area contributed by atoms with Crippen LogP contribution in [0.25, 0.3) is 0 Å². The van der Waals surface area contributed by atoms with Gasteiger partial charge < -0.3 is 15.8 Å². The number of carbonyl (C=O) groups is 1. The average Bonchev–Trinajstić information content (AvgIpc) is 2.46. The van der Waals surface area contributed by atoms with E-state index in [-0.39, 0.29) is 5.91 Å². The number of methoxy groups -OCH3 is 1. The molecular weight excluding hydrogens is 252 g/mol. The molecule has 1 aromatic carbocycles. The number of amides is 1. The summed E-state index contributed by atoms with van der Waals surface area (Å²) in [6, 6.07) is 7.57. The van der Waals surface area contributed by atoms with Crippen LogP contribution in [0.1, 0.15) is 40.0 Å². The Hall–Kier alpha value is -1.71. The third-order valence-corrected chi connectivity index (χ3v) is 3.92. The fraction of sp³-hybridized carbons (Fsp3) is 0.562. The highest BCUT2D eigenvalue weighted by Gasteiger charge is 2.35. The number of nitrogens with two attached hydrogens (primary N) is 1. The minimum absolute atomic E-state index is 0.303. The minimum atomic E-state index is -0.707. The summed E-state index contributed by atoms with van der Waals surface area (Å²) in [4.78, 5) is 12.0. The van der Waals surface area contributed by atoms with E-state index in [1.807, 2.05) is 31.2 Å². The topological polar surface area (TPSA) is 64.3 Å². The van der Waals surface area contributed by atoms with E-state index < -0.39 is 5.54 Å². The summed E-state index contributed by atoms with van der Waals surface area (Å²) in [7, 11) is 1.62. The molecule has 0 aromatic heterocycles. The van der Waals surface area contributed by atoms with E-state index in [4.69, 9.17) is 10.5 Å². The molecule has 112 valence electrons. The fourth-order valence-electron chi connectivity index (χ4n) is 2.34. The quantitative estimate of drug-likeness (QED) is 0.767. The van der Waals surface area contributed by atoms with Crippen molar-refractivity contribution in [3.63, 3.8) is 0 Å². The van der Waals surface area contributed by atoms with Crippen molar-refractivity contribution in [2.45, 2.75) is 45.6 Å². The molecule has 1 amide bonds. The molecule has 0 aliphatic rings. The number of benzene rings is 1. The smallest absolute Gasteiger partial charge is 0.243 e. The van der Waals surface area contributed by atoms with Crippen LogP contribution in [-0.2, 0) is 4.79 Å². The fourth-order valence-corrected chi connectivity index (χ4v) is 2.34. The molecule has 2 unspecified atom stereocenters. The van der Waals surface area contributed by atoms with Crippen molar-refractivity contribution >= 4 is 11.6 Å². The second kappa shape index (κ2) is 7.17. The molecule has 20 heavy (non-hydrogen) atoms. The van der Waals surface area contributed by atoms with Crippen LogP contribution in [0.15, 0.2) is 24.3 Å². The first-order valence-corrected chi connectivity index (χ1v) is 7.19. The van der Waals surface area contributed by atoms with E-state index in [0.717, 1.165) is 24.3 Å². The zero-order valence-corrected chi connectivity index (χ0v) is 12.9. The molecule has 0 heterocycles. The number of anilines is 1. The summed E-state index contributed by atoms with van der Waals surface area (Å²) in [6.45, 7) is 6.25. The van der Waals surface area contributed by atoms with Crippen molar-refractivity contribution in [2.24, 2.45) is 11.7 Å². The molecular formula is C16H26N2O2. The molecule has 4 heteroatoms. The van der Waals surface area contributed by atoms with Crippen LogP contribution in [0, 0.1) is 5.92 Å². The van der Waals surface area contributed by atoms with Gasteiger partial charge in [-0.3, -0.25) is 4.79 Å². The van der Waals surface area contributed by atoms with Gasteiger partial charge in [0.25, 0.3) is 0 Å². The number of carbonyl (C=O) groups excluding carboxylic acids is 1. The Balaban J connectivity index is 3.01. The van der Waals surface area contributed by atoms with E-state index in [0.29, 0.717) is 12.3 Å². The predicted molar refractivity (Wildman–Crippen MR) is 82.9 cm³/mol. The van der Waals surface area contributed by atoms with Gasteiger partial charge in [-0.2, -0.15) is 0 Å². The molecule has 0 radical (unpaired) electrons. The number of ether oxygens (including phenoxy) is 1. The number of nitrogens with one attached hydrogen (secondary N) is 1. The molecule has 1 rings (SSSR count). The van der Waals surface area contributed by atoms with Gasteiger partial charge in [-0.05, 0) is 30.9 Å². The van der Waals surface area contributed by atoms with Crippen molar-refractivity contribution in [3.8, 4) is 5.75 Å². The first-order chi connectivity index (χ1) is 9.47. The Morgan fingerprint density at radius 1 is 1.45 bits per heavy atom. The molecule has 3 N–H and O–H groups in total. The summed E-state index contributed by atoms with van der Waals surface area (Å²) >= 11 is 0. The third-order valence-electron chi connectivity index (χ3n) is 3.92. The largest absolute Gasteiger partial charge is 0.497 e. The summed E-state index contributed by atoms with van der Waals surface area (Å²) < 4.78 is 5.21. The number of hydrogen-bond acceptors (Lipinski definition) is 3. The van der Waals surface area contributed by atoms with E-state index in [2.05, 4.69) is 19.2 Å². The van der Waals surface area contributed by atoms with E-state index >= 15 is 0 Å². The van der Waals surface area contributed by atoms with Gasteiger partial charge in [-0.25, -0.2) is 0 Å². The van der Waals surface area contributed by atoms with Crippen molar-refractivity contribution < 1.29 is 9.53 Å². The monoisotopic (exact) mass is 278 g/mol. The van der Waals surface area contributed by atoms with Crippen molar-refractivity contribution in [1.82, 2.24) is 0 Å². The van der Waals surface area contributed by atoms with Crippen molar-refractivity contribution in [2.75, 3.05) is 12.4 Å². The lowest BCUT2D eigenvalue weighted by atomic mass is 9.83. The van der Waals surface area contributed by atoms with Crippen LogP contribution in [0.3, 0.4) is 0 Å². The van der Waals surface area contributed by atoms with Crippen LogP contribution in [-0.4, -0.2) is 18.6 Å². The predicted octanol–water partition coefficient (Wildman–Crippen LogP) is 3.18. The maximum atomic E-state index is 12.0. The second-order valence-corrected chi connectivity index (χ2v) is 5.37. The number of hydrogen-bond donors (Lipinski definition) is 2. The third kappa shape index (κ3) is 3.89. The molecule has 1 aromatic rings. The van der Waals surface area contributed by atoms with Gasteiger partial charge in [-0.15, -0.1) is 0 Å². The lowest BCUT2D eigenvalue weighted by Gasteiger charge is -2.34. The maximum Gasteiger partial charge on any atom is 0.243 e. The van der Waals surface area contributed by atoms with Gasteiger partial charge >= 0.3 is 0 Å². The Kier molecular flexibility index (Phi) is 5.86. The molecule has 0 saturated heterocycles. The normalized spacial score (nSPS) is 15.2. The van der Waals surface area contributed by atoms with Gasteiger partial charge in [0.2, 0.25) is 5.91 Å². The molecule has 0 bridgehead atoms. The van der Waals surface area contributed by atoms with Crippen LogP contribution in [0.2, 0.25) is 0 Å². The Labute approximate surface area is 121 Å². The molecule has 0 aliphatic carbocycles. The van der Waals surface area contributed by atoms with Gasteiger partial charge in [-0.1, -0.05) is 33.3 Å². The highest BCUT2D eigenvalue weighted by molar-refractivity contribution is 5.88. The molecule has 4 nitrogen and oxygen atoms in total. The Morgan fingerprint density at radius 3 is 2.65 bits per heavy atom. The molecule has 0 spiro atoms. The standard InChI is InChI=1S/C16H26N2O2/c1-5-12(3)11-16(6-2,15(17)19)18-13-8-7-9-14(10-13)20-4/h7-10,12,18H,5-6,11H2,1-4H3,(H2,17,19). The highest BCUT2D eigenvalue weighted by Crippen LogP contribution is 2.28. The summed E-state index contributed by atoms with van der Waals surface area (Å²) in [5.41, 5.74) is 5.82. The van der Waals surface area contributed by atoms with Crippen LogP contribution < -0.4 is 15.8 Å². The second-order valence-electron chi connectivity index (χ2n) is 5.37. The average molecular weight is 278 g/mol. The molecule has 0 fully saturated rings. The van der Waals surface area contributed by atoms with Gasteiger partial charge in [0.15, 0.2) is 0 Å². The highest BCUT2D eigenvalue weighted by atomic mass is 16.5. The van der Waals surface area contributed by atoms with Crippen LogP contribution >= 0.6 is 0 Å². The number of rotatable bonds is 8. The Bertz CT molecular complexity index is 448. The SMILES string of the molecule is CCC(C)CC(CC)(Nc1cccc(OC)c1)C(N)=O. The van der Waals surface area contributed by atoms with Crippen LogP contribution in [0.4, 0.5) is 5.69 Å². The molecule has 2 atom stereocenters. The zero-order chi connectivity index (χ0) is 15.2. The lowest BCUT2D eigenvalue weighted by molar-refractivity contribution is -0.123. The minimum Gasteiger partial charge on any atom is -0.497 e. The van der Waals surface area contributed by atoms with Crippen molar-refractivity contribution in [3.05, 3.63) is 24.3 Å². The molecule has 0 aliphatic heterocycles. The van der Waals surface area contributed by atoms with E-state index in [9.17, 15) is 4.79 Å². The van der Waals surface area contributed by atoms with Gasteiger partial charge in [0.1, 0.15) is 11.3 Å². The zero-order valence-electron chi connectivity index (χ0n) is 12.9. The van der Waals surface area contributed by atoms with E-state index in [1.54, 1.807) is 7.11 Å². The summed E-state index contributed by atoms with van der Waals surface area (Å²) in [5, 5.41) is 3.33. The first-order valence-electron chi connectivity index (χ1n) is 7.19. The van der Waals surface area contributed by atoms with E-state index in [1.165, 1.54) is 0 Å². The molecule has 0 saturated carbocycles. The lowest BCUT2D eigenvalue weighted by Crippen LogP contribution is -2.51. The van der Waals surface area contributed by atoms with Crippen LogP contribution in [0.5, 0.6) is 5.75 Å². The maximum absolute atomic E-state index is 12.0. The summed E-state index contributed by atoms with van der Waals surface area (Å²) in [6.07, 6.45) is 2.41. The van der Waals surface area contributed by atoms with Gasteiger partial charge in [0, 0.05) is 11.8 Å². The van der Waals surface area contributed by atoms with Crippen molar-refractivity contribution in [1.29, 1.82) is 0 Å². The van der Waals surface area contributed by atoms with Gasteiger partial charge in [0.05, 0.1) is 7.11 Å². The first kappa shape index (κ1) is 16.3. The Morgan fingerprint density at radius 2 is 2.15 bits per heavy atom. The summed E-state index contributed by atoms with van der Waals surface area (Å²) in [5.74, 6) is 0.886. The number of primary amides is 1.